The van der Waals surface area contributed by atoms with Crippen LogP contribution in [0.2, 0.25) is 0 Å². The predicted octanol–water partition coefficient (Wildman–Crippen LogP) is 4.34. The van der Waals surface area contributed by atoms with E-state index in [0.717, 1.165) is 24.8 Å². The summed E-state index contributed by atoms with van der Waals surface area (Å²) in [7, 11) is -3.90. The van der Waals surface area contributed by atoms with Crippen molar-refractivity contribution in [2.24, 2.45) is 5.92 Å². The van der Waals surface area contributed by atoms with Crippen LogP contribution >= 0.6 is 15.9 Å². The van der Waals surface area contributed by atoms with Gasteiger partial charge in [-0.1, -0.05) is 47.1 Å². The van der Waals surface area contributed by atoms with Crippen molar-refractivity contribution in [1.29, 1.82) is 0 Å². The van der Waals surface area contributed by atoms with Gasteiger partial charge in [-0.2, -0.15) is 4.31 Å². The van der Waals surface area contributed by atoms with Gasteiger partial charge in [-0.05, 0) is 67.3 Å². The smallest absolute Gasteiger partial charge is 0.245 e. The van der Waals surface area contributed by atoms with Crippen LogP contribution in [-0.2, 0) is 32.5 Å². The minimum absolute atomic E-state index is 0.0311. The van der Waals surface area contributed by atoms with Crippen molar-refractivity contribution in [2.75, 3.05) is 24.5 Å². The second-order valence-corrected chi connectivity index (χ2v) is 12.7. The molecule has 192 valence electrons. The average Bonchev–Trinajstić information content (AvgIpc) is 3.31. The number of sulfonamides is 1. The lowest BCUT2D eigenvalue weighted by Crippen LogP contribution is -2.46. The van der Waals surface area contributed by atoms with E-state index >= 15 is 0 Å². The lowest BCUT2D eigenvalue weighted by Gasteiger charge is -2.34. The number of halogens is 1. The molecule has 2 aliphatic heterocycles. The fourth-order valence-corrected chi connectivity index (χ4v) is 8.26. The molecule has 9 heteroatoms. The van der Waals surface area contributed by atoms with Crippen LogP contribution in [0.15, 0.2) is 45.8 Å². The Morgan fingerprint density at radius 1 is 1.06 bits per heavy atom. The number of amides is 2. The SMILES string of the molecule is CCC(=O)N1CCc2cc(Br)cc(S(=O)(=O)N3CCCC(C(=O)NC4CCCc5ccccc54)C3)c21. The number of nitrogens with one attached hydrogen (secondary N) is 1. The van der Waals surface area contributed by atoms with Gasteiger partial charge in [-0.3, -0.25) is 9.59 Å². The number of anilines is 1. The number of hydrogen-bond donors (Lipinski definition) is 1. The number of fused-ring (bicyclic) bond motifs is 2. The largest absolute Gasteiger partial charge is 0.349 e. The molecule has 0 radical (unpaired) electrons. The molecule has 2 atom stereocenters. The van der Waals surface area contributed by atoms with Crippen molar-refractivity contribution in [1.82, 2.24) is 9.62 Å². The molecule has 2 aromatic rings. The highest BCUT2D eigenvalue weighted by Crippen LogP contribution is 2.40. The predicted molar refractivity (Wildman–Crippen MR) is 142 cm³/mol. The number of rotatable bonds is 5. The van der Waals surface area contributed by atoms with E-state index < -0.39 is 15.9 Å². The van der Waals surface area contributed by atoms with E-state index in [1.807, 2.05) is 18.2 Å². The van der Waals surface area contributed by atoms with Gasteiger partial charge in [0.2, 0.25) is 21.8 Å². The number of hydrogen-bond acceptors (Lipinski definition) is 4. The maximum Gasteiger partial charge on any atom is 0.245 e. The van der Waals surface area contributed by atoms with Gasteiger partial charge < -0.3 is 10.2 Å². The quantitative estimate of drug-likeness (QED) is 0.576. The van der Waals surface area contributed by atoms with Crippen LogP contribution in [0.3, 0.4) is 0 Å². The van der Waals surface area contributed by atoms with Gasteiger partial charge in [0.05, 0.1) is 17.6 Å². The molecule has 36 heavy (non-hydrogen) atoms. The lowest BCUT2D eigenvalue weighted by molar-refractivity contribution is -0.127. The monoisotopic (exact) mass is 573 g/mol. The summed E-state index contributed by atoms with van der Waals surface area (Å²) in [4.78, 5) is 27.6. The Bertz CT molecular complexity index is 1300. The highest BCUT2D eigenvalue weighted by molar-refractivity contribution is 9.10. The van der Waals surface area contributed by atoms with Crippen LogP contribution in [0.4, 0.5) is 5.69 Å². The maximum absolute atomic E-state index is 13.9. The van der Waals surface area contributed by atoms with Crippen LogP contribution in [0.25, 0.3) is 0 Å². The summed E-state index contributed by atoms with van der Waals surface area (Å²) >= 11 is 3.46. The van der Waals surface area contributed by atoms with Crippen LogP contribution in [0.5, 0.6) is 0 Å². The molecule has 1 N–H and O–H groups in total. The van der Waals surface area contributed by atoms with Crippen molar-refractivity contribution in [3.8, 4) is 0 Å². The Hall–Kier alpha value is -2.23. The third-order valence-corrected chi connectivity index (χ3v) is 9.99. The number of carbonyl (C=O) groups is 2. The molecule has 2 amide bonds. The summed E-state index contributed by atoms with van der Waals surface area (Å²) < 4.78 is 29.9. The minimum Gasteiger partial charge on any atom is -0.349 e. The summed E-state index contributed by atoms with van der Waals surface area (Å²) in [6, 6.07) is 11.7. The molecule has 0 spiro atoms. The maximum atomic E-state index is 13.9. The fraction of sp³-hybridized carbons (Fsp3) is 0.481. The molecule has 0 bridgehead atoms. The molecule has 1 aliphatic carbocycles. The van der Waals surface area contributed by atoms with Crippen LogP contribution in [0.1, 0.15) is 61.8 Å². The van der Waals surface area contributed by atoms with Crippen molar-refractivity contribution in [3.63, 3.8) is 0 Å². The molecular weight excluding hydrogens is 542 g/mol. The lowest BCUT2D eigenvalue weighted by atomic mass is 9.87. The van der Waals surface area contributed by atoms with Gasteiger partial charge in [0, 0.05) is 30.5 Å². The van der Waals surface area contributed by atoms with E-state index in [2.05, 4.69) is 33.4 Å². The van der Waals surface area contributed by atoms with E-state index in [1.54, 1.807) is 17.9 Å². The highest BCUT2D eigenvalue weighted by Gasteiger charge is 2.38. The van der Waals surface area contributed by atoms with Crippen LogP contribution in [-0.4, -0.2) is 44.2 Å². The molecule has 1 fully saturated rings. The van der Waals surface area contributed by atoms with Crippen molar-refractivity contribution in [2.45, 2.75) is 62.8 Å². The fourth-order valence-electron chi connectivity index (χ4n) is 5.81. The third-order valence-electron chi connectivity index (χ3n) is 7.66. The molecule has 2 unspecified atom stereocenters. The molecule has 5 rings (SSSR count). The molecule has 3 aliphatic rings. The summed E-state index contributed by atoms with van der Waals surface area (Å²) in [6.07, 6.45) is 5.14. The van der Waals surface area contributed by atoms with Gasteiger partial charge in [-0.15, -0.1) is 0 Å². The Morgan fingerprint density at radius 2 is 1.86 bits per heavy atom. The normalized spacial score (nSPS) is 22.1. The molecular formula is C27H32BrN3O4S. The first-order valence-corrected chi connectivity index (χ1v) is 15.0. The first-order chi connectivity index (χ1) is 17.3. The van der Waals surface area contributed by atoms with Gasteiger partial charge >= 0.3 is 0 Å². The number of piperidine rings is 1. The molecule has 1 saturated heterocycles. The second-order valence-electron chi connectivity index (χ2n) is 9.92. The van der Waals surface area contributed by atoms with Gasteiger partial charge in [0.15, 0.2) is 0 Å². The Morgan fingerprint density at radius 3 is 2.67 bits per heavy atom. The number of nitrogens with zero attached hydrogens (tertiary/aromatic N) is 2. The average molecular weight is 575 g/mol. The summed E-state index contributed by atoms with van der Waals surface area (Å²) in [5.74, 6) is -0.578. The van der Waals surface area contributed by atoms with Crippen molar-refractivity contribution < 1.29 is 18.0 Å². The third kappa shape index (κ3) is 4.73. The molecule has 2 aromatic carbocycles. The first kappa shape index (κ1) is 25.4. The number of carbonyl (C=O) groups excluding carboxylic acids is 2. The van der Waals surface area contributed by atoms with E-state index in [9.17, 15) is 18.0 Å². The zero-order chi connectivity index (χ0) is 25.4. The standard InChI is InChI=1S/C27H32BrN3O4S/c1-2-25(32)31-14-12-19-15-21(28)16-24(26(19)31)36(34,35)30-13-6-9-20(17-30)27(33)29-23-11-5-8-18-7-3-4-10-22(18)23/h3-4,7,10,15-16,20,23H,2,5-6,8-9,11-14,17H2,1H3,(H,29,33). The molecule has 2 heterocycles. The van der Waals surface area contributed by atoms with E-state index in [1.165, 1.54) is 15.4 Å². The zero-order valence-electron chi connectivity index (χ0n) is 20.5. The number of aryl methyl sites for hydroxylation is 1. The van der Waals surface area contributed by atoms with Gasteiger partial charge in [0.25, 0.3) is 0 Å². The minimum atomic E-state index is -3.90. The van der Waals surface area contributed by atoms with Crippen LogP contribution < -0.4 is 10.2 Å². The second kappa shape index (κ2) is 10.3. The zero-order valence-corrected chi connectivity index (χ0v) is 22.9. The Balaban J connectivity index is 1.37. The Kier molecular flexibility index (Phi) is 7.25. The summed E-state index contributed by atoms with van der Waals surface area (Å²) in [5, 5.41) is 3.22. The van der Waals surface area contributed by atoms with Crippen molar-refractivity contribution >= 4 is 43.5 Å². The highest BCUT2D eigenvalue weighted by atomic mass is 79.9. The van der Waals surface area contributed by atoms with Gasteiger partial charge in [-0.25, -0.2) is 8.42 Å². The van der Waals surface area contributed by atoms with E-state index in [-0.39, 0.29) is 29.3 Å². The molecule has 7 nitrogen and oxygen atoms in total. The topological polar surface area (TPSA) is 86.8 Å². The molecule has 0 aromatic heterocycles. The van der Waals surface area contributed by atoms with Gasteiger partial charge in [0.1, 0.15) is 4.90 Å². The summed E-state index contributed by atoms with van der Waals surface area (Å²) in [5.41, 5.74) is 3.79. The van der Waals surface area contributed by atoms with E-state index in [0.29, 0.717) is 48.9 Å². The van der Waals surface area contributed by atoms with Crippen molar-refractivity contribution in [3.05, 3.63) is 57.6 Å². The first-order valence-electron chi connectivity index (χ1n) is 12.8. The number of benzene rings is 2. The van der Waals surface area contributed by atoms with E-state index in [4.69, 9.17) is 0 Å². The Labute approximate surface area is 221 Å². The molecule has 0 saturated carbocycles. The van der Waals surface area contributed by atoms with Crippen LogP contribution in [0, 0.1) is 5.92 Å². The summed E-state index contributed by atoms with van der Waals surface area (Å²) in [6.45, 7) is 2.77.